The van der Waals surface area contributed by atoms with Crippen molar-refractivity contribution in [1.82, 2.24) is 10.3 Å². The smallest absolute Gasteiger partial charge is 0.237 e. The van der Waals surface area contributed by atoms with Crippen LogP contribution in [-0.2, 0) is 4.79 Å². The van der Waals surface area contributed by atoms with Crippen molar-refractivity contribution < 1.29 is 4.79 Å². The molecule has 0 aliphatic carbocycles. The first-order valence-electron chi connectivity index (χ1n) is 6.14. The number of pyridine rings is 1. The Morgan fingerprint density at radius 3 is 2.37 bits per heavy atom. The molecule has 1 amide bonds. The molecule has 0 aromatic carbocycles. The summed E-state index contributed by atoms with van der Waals surface area (Å²) in [7, 11) is 0. The van der Waals surface area contributed by atoms with E-state index in [4.69, 9.17) is 5.73 Å². The first-order valence-corrected chi connectivity index (χ1v) is 6.14. The quantitative estimate of drug-likeness (QED) is 0.849. The minimum absolute atomic E-state index is 0. The van der Waals surface area contributed by atoms with Gasteiger partial charge < -0.3 is 11.1 Å². The number of nitrogens with zero attached hydrogens (tertiary/aromatic N) is 1. The maximum Gasteiger partial charge on any atom is 0.237 e. The summed E-state index contributed by atoms with van der Waals surface area (Å²) in [6.07, 6.45) is 5.94. The molecule has 0 aliphatic heterocycles. The van der Waals surface area contributed by atoms with E-state index in [0.29, 0.717) is 0 Å². The summed E-state index contributed by atoms with van der Waals surface area (Å²) in [6.45, 7) is 4.06. The van der Waals surface area contributed by atoms with Gasteiger partial charge in [-0.3, -0.25) is 9.78 Å². The molecule has 2 unspecified atom stereocenters. The molecule has 19 heavy (non-hydrogen) atoms. The fourth-order valence-electron chi connectivity index (χ4n) is 1.74. The van der Waals surface area contributed by atoms with Crippen molar-refractivity contribution in [3.63, 3.8) is 0 Å². The average Bonchev–Trinajstić information content (AvgIpc) is 2.37. The lowest BCUT2D eigenvalue weighted by Crippen LogP contribution is -2.42. The van der Waals surface area contributed by atoms with Crippen LogP contribution >= 0.6 is 24.8 Å². The highest BCUT2D eigenvalue weighted by molar-refractivity contribution is 5.85. The van der Waals surface area contributed by atoms with Gasteiger partial charge in [0.15, 0.2) is 0 Å². The first-order chi connectivity index (χ1) is 8.19. The lowest BCUT2D eigenvalue weighted by Gasteiger charge is -2.19. The zero-order valence-electron chi connectivity index (χ0n) is 11.3. The largest absolute Gasteiger partial charge is 0.348 e. The number of rotatable bonds is 6. The topological polar surface area (TPSA) is 68.0 Å². The Hall–Kier alpha value is -0.840. The van der Waals surface area contributed by atoms with Crippen molar-refractivity contribution >= 4 is 30.7 Å². The molecule has 2 atom stereocenters. The van der Waals surface area contributed by atoms with E-state index in [9.17, 15) is 4.79 Å². The molecular weight excluding hydrogens is 285 g/mol. The second-order valence-electron chi connectivity index (χ2n) is 4.15. The van der Waals surface area contributed by atoms with Gasteiger partial charge in [0.2, 0.25) is 5.91 Å². The van der Waals surface area contributed by atoms with E-state index < -0.39 is 6.04 Å². The highest BCUT2D eigenvalue weighted by Crippen LogP contribution is 2.15. The molecule has 3 N–H and O–H groups in total. The zero-order chi connectivity index (χ0) is 12.7. The van der Waals surface area contributed by atoms with E-state index in [1.54, 1.807) is 12.4 Å². The molecule has 1 aromatic heterocycles. The number of halogens is 2. The molecule has 0 bridgehead atoms. The first kappa shape index (κ1) is 20.5. The summed E-state index contributed by atoms with van der Waals surface area (Å²) < 4.78 is 0. The lowest BCUT2D eigenvalue weighted by atomic mass is 10.0. The van der Waals surface area contributed by atoms with Gasteiger partial charge in [0.25, 0.3) is 0 Å². The Bertz CT molecular complexity index is 349. The van der Waals surface area contributed by atoms with Crippen molar-refractivity contribution in [3.05, 3.63) is 30.1 Å². The summed E-state index contributed by atoms with van der Waals surface area (Å²) in [6, 6.07) is 3.45. The number of hydrogen-bond acceptors (Lipinski definition) is 3. The fraction of sp³-hybridized carbons (Fsp3) is 0.538. The maximum absolute atomic E-state index is 11.8. The Morgan fingerprint density at radius 1 is 1.32 bits per heavy atom. The van der Waals surface area contributed by atoms with Gasteiger partial charge in [0.05, 0.1) is 12.1 Å². The van der Waals surface area contributed by atoms with Crippen LogP contribution in [0.25, 0.3) is 0 Å². The van der Waals surface area contributed by atoms with Crippen LogP contribution in [0.1, 0.15) is 44.7 Å². The Kier molecular flexibility index (Phi) is 11.9. The lowest BCUT2D eigenvalue weighted by molar-refractivity contribution is -0.123. The van der Waals surface area contributed by atoms with Gasteiger partial charge in [0.1, 0.15) is 0 Å². The molecule has 1 rings (SSSR count). The third-order valence-corrected chi connectivity index (χ3v) is 2.77. The number of hydrogen-bond donors (Lipinski definition) is 2. The second-order valence-corrected chi connectivity index (χ2v) is 4.15. The van der Waals surface area contributed by atoms with E-state index in [1.807, 2.05) is 26.0 Å². The monoisotopic (exact) mass is 307 g/mol. The van der Waals surface area contributed by atoms with Gasteiger partial charge in [-0.1, -0.05) is 20.3 Å². The molecule has 6 heteroatoms. The number of nitrogens with two attached hydrogens (primary N) is 1. The van der Waals surface area contributed by atoms with Crippen LogP contribution in [0.2, 0.25) is 0 Å². The predicted molar refractivity (Wildman–Crippen MR) is 82.8 cm³/mol. The number of amides is 1. The van der Waals surface area contributed by atoms with Gasteiger partial charge in [-0.15, -0.1) is 24.8 Å². The molecular formula is C13H23Cl2N3O. The minimum Gasteiger partial charge on any atom is -0.348 e. The Morgan fingerprint density at radius 2 is 1.89 bits per heavy atom. The molecule has 0 spiro atoms. The van der Waals surface area contributed by atoms with Crippen LogP contribution in [0, 0.1) is 0 Å². The van der Waals surface area contributed by atoms with Crippen LogP contribution in [0.15, 0.2) is 24.5 Å². The average molecular weight is 308 g/mol. The van der Waals surface area contributed by atoms with Gasteiger partial charge in [-0.2, -0.15) is 0 Å². The van der Waals surface area contributed by atoms with Crippen LogP contribution in [-0.4, -0.2) is 16.9 Å². The van der Waals surface area contributed by atoms with E-state index in [0.717, 1.165) is 24.8 Å². The second kappa shape index (κ2) is 11.0. The normalized spacial score (nSPS) is 12.6. The molecule has 0 aliphatic rings. The van der Waals surface area contributed by atoms with Crippen LogP contribution < -0.4 is 11.1 Å². The fourth-order valence-corrected chi connectivity index (χ4v) is 1.74. The summed E-state index contributed by atoms with van der Waals surface area (Å²) in [5.41, 5.74) is 6.85. The van der Waals surface area contributed by atoms with Crippen molar-refractivity contribution in [2.75, 3.05) is 0 Å². The molecule has 1 heterocycles. The van der Waals surface area contributed by atoms with Crippen LogP contribution in [0.3, 0.4) is 0 Å². The highest BCUT2D eigenvalue weighted by atomic mass is 35.5. The van der Waals surface area contributed by atoms with E-state index in [-0.39, 0.29) is 36.8 Å². The summed E-state index contributed by atoms with van der Waals surface area (Å²) >= 11 is 0. The molecule has 0 fully saturated rings. The molecule has 0 radical (unpaired) electrons. The highest BCUT2D eigenvalue weighted by Gasteiger charge is 2.17. The Labute approximate surface area is 127 Å². The summed E-state index contributed by atoms with van der Waals surface area (Å²) in [5, 5.41) is 2.98. The van der Waals surface area contributed by atoms with Gasteiger partial charge in [-0.05, 0) is 30.5 Å². The maximum atomic E-state index is 11.8. The zero-order valence-corrected chi connectivity index (χ0v) is 13.0. The third-order valence-electron chi connectivity index (χ3n) is 2.77. The van der Waals surface area contributed by atoms with Gasteiger partial charge in [-0.25, -0.2) is 0 Å². The summed E-state index contributed by atoms with van der Waals surface area (Å²) in [5.74, 6) is -0.0736. The standard InChI is InChI=1S/C13H21N3O.2ClH/c1-3-5-11(14)13(17)16-12(4-2)10-6-8-15-9-7-10;;/h6-9,11-12H,3-5,14H2,1-2H3,(H,16,17);2*1H. The molecule has 0 saturated heterocycles. The van der Waals surface area contributed by atoms with Crippen LogP contribution in [0.5, 0.6) is 0 Å². The Balaban J connectivity index is 0. The van der Waals surface area contributed by atoms with Crippen molar-refractivity contribution in [3.8, 4) is 0 Å². The predicted octanol–water partition coefficient (Wildman–Crippen LogP) is 2.62. The van der Waals surface area contributed by atoms with Crippen molar-refractivity contribution in [1.29, 1.82) is 0 Å². The van der Waals surface area contributed by atoms with Crippen molar-refractivity contribution in [2.45, 2.75) is 45.2 Å². The van der Waals surface area contributed by atoms with Crippen molar-refractivity contribution in [2.24, 2.45) is 5.73 Å². The molecule has 1 aromatic rings. The van der Waals surface area contributed by atoms with E-state index in [2.05, 4.69) is 10.3 Å². The van der Waals surface area contributed by atoms with E-state index in [1.165, 1.54) is 0 Å². The number of aromatic nitrogens is 1. The third kappa shape index (κ3) is 6.76. The minimum atomic E-state index is -0.407. The SMILES string of the molecule is CCCC(N)C(=O)NC(CC)c1ccncc1.Cl.Cl. The van der Waals surface area contributed by atoms with Crippen LogP contribution in [0.4, 0.5) is 0 Å². The number of carbonyl (C=O) groups is 1. The molecule has 4 nitrogen and oxygen atoms in total. The molecule has 110 valence electrons. The number of nitrogens with one attached hydrogen (secondary N) is 1. The summed E-state index contributed by atoms with van der Waals surface area (Å²) in [4.78, 5) is 15.8. The van der Waals surface area contributed by atoms with Gasteiger partial charge >= 0.3 is 0 Å². The van der Waals surface area contributed by atoms with Gasteiger partial charge in [0, 0.05) is 12.4 Å². The molecule has 0 saturated carbocycles. The van der Waals surface area contributed by atoms with E-state index >= 15 is 0 Å². The number of carbonyl (C=O) groups excluding carboxylic acids is 1.